The van der Waals surface area contributed by atoms with Gasteiger partial charge in [-0.3, -0.25) is 9.69 Å². The van der Waals surface area contributed by atoms with Gasteiger partial charge in [-0.05, 0) is 37.6 Å². The first kappa shape index (κ1) is 16.5. The monoisotopic (exact) mass is 355 g/mol. The maximum Gasteiger partial charge on any atom is 0.310 e. The van der Waals surface area contributed by atoms with Gasteiger partial charge in [-0.25, -0.2) is 0 Å². The van der Waals surface area contributed by atoms with Crippen LogP contribution in [0.25, 0.3) is 0 Å². The van der Waals surface area contributed by atoms with E-state index in [9.17, 15) is 9.90 Å². The van der Waals surface area contributed by atoms with Crippen molar-refractivity contribution in [3.63, 3.8) is 0 Å². The minimum atomic E-state index is -0.762. The van der Waals surface area contributed by atoms with Crippen LogP contribution in [0.3, 0.4) is 0 Å². The van der Waals surface area contributed by atoms with Crippen molar-refractivity contribution in [1.82, 2.24) is 4.90 Å². The lowest BCUT2D eigenvalue weighted by Gasteiger charge is -2.35. The number of nitrogens with zero attached hydrogens (tertiary/aromatic N) is 1. The van der Waals surface area contributed by atoms with Gasteiger partial charge in [0.25, 0.3) is 0 Å². The summed E-state index contributed by atoms with van der Waals surface area (Å²) in [6.07, 6.45) is 0.990. The third-order valence-electron chi connectivity index (χ3n) is 4.13. The smallest absolute Gasteiger partial charge is 0.310 e. The van der Waals surface area contributed by atoms with Crippen LogP contribution in [-0.4, -0.2) is 41.8 Å². The Balaban J connectivity index is 2.21. The molecular weight excluding hydrogens is 334 g/mol. The number of halogens is 1. The van der Waals surface area contributed by atoms with E-state index >= 15 is 0 Å². The number of carbonyl (C=O) groups is 1. The van der Waals surface area contributed by atoms with E-state index in [0.29, 0.717) is 13.2 Å². The fourth-order valence-electron chi connectivity index (χ4n) is 2.94. The Bertz CT molecular complexity index is 477. The summed E-state index contributed by atoms with van der Waals surface area (Å²) < 4.78 is 6.48. The van der Waals surface area contributed by atoms with Crippen LogP contribution in [0.15, 0.2) is 28.7 Å². The normalized spacial score (nSPS) is 23.4. The van der Waals surface area contributed by atoms with E-state index in [4.69, 9.17) is 4.74 Å². The van der Waals surface area contributed by atoms with Crippen molar-refractivity contribution in [2.24, 2.45) is 5.92 Å². The van der Waals surface area contributed by atoms with Crippen LogP contribution in [0.1, 0.15) is 31.9 Å². The lowest BCUT2D eigenvalue weighted by Crippen LogP contribution is -2.44. The zero-order chi connectivity index (χ0) is 15.4. The lowest BCUT2D eigenvalue weighted by atomic mass is 9.98. The van der Waals surface area contributed by atoms with Crippen molar-refractivity contribution in [2.45, 2.75) is 32.4 Å². The van der Waals surface area contributed by atoms with Gasteiger partial charge in [0.2, 0.25) is 0 Å². The maximum atomic E-state index is 11.4. The van der Waals surface area contributed by atoms with Gasteiger partial charge in [0, 0.05) is 16.6 Å². The lowest BCUT2D eigenvalue weighted by molar-refractivity contribution is -0.143. The molecule has 0 saturated carbocycles. The molecule has 2 rings (SSSR count). The molecule has 5 heteroatoms. The first-order valence-electron chi connectivity index (χ1n) is 7.36. The summed E-state index contributed by atoms with van der Waals surface area (Å²) >= 11 is 3.45. The quantitative estimate of drug-likeness (QED) is 0.850. The number of hydrogen-bond acceptors (Lipinski definition) is 3. The molecule has 1 aliphatic heterocycles. The van der Waals surface area contributed by atoms with E-state index in [1.165, 1.54) is 5.56 Å². The highest BCUT2D eigenvalue weighted by atomic mass is 79.9. The number of carboxylic acids is 1. The molecule has 1 N–H and O–H groups in total. The Labute approximate surface area is 134 Å². The van der Waals surface area contributed by atoms with Gasteiger partial charge in [0.1, 0.15) is 0 Å². The number of rotatable bonds is 6. The molecule has 1 aromatic rings. The molecule has 0 spiro atoms. The van der Waals surface area contributed by atoms with Gasteiger partial charge in [0.05, 0.1) is 19.1 Å². The van der Waals surface area contributed by atoms with E-state index in [2.05, 4.69) is 46.8 Å². The minimum absolute atomic E-state index is 0.0545. The van der Waals surface area contributed by atoms with Crippen LogP contribution < -0.4 is 0 Å². The summed E-state index contributed by atoms with van der Waals surface area (Å²) in [4.78, 5) is 13.7. The van der Waals surface area contributed by atoms with Gasteiger partial charge in [-0.1, -0.05) is 35.0 Å². The highest BCUT2D eigenvalue weighted by Gasteiger charge is 2.39. The van der Waals surface area contributed by atoms with E-state index in [0.717, 1.165) is 17.4 Å². The summed E-state index contributed by atoms with van der Waals surface area (Å²) in [7, 11) is 0. The Morgan fingerprint density at radius 2 is 2.10 bits per heavy atom. The second-order valence-electron chi connectivity index (χ2n) is 5.51. The zero-order valence-corrected chi connectivity index (χ0v) is 14.0. The molecule has 0 aromatic heterocycles. The number of benzene rings is 1. The van der Waals surface area contributed by atoms with Crippen LogP contribution in [-0.2, 0) is 9.53 Å². The number of hydrogen-bond donors (Lipinski definition) is 1. The number of aliphatic carboxylic acids is 1. The second-order valence-corrected chi connectivity index (χ2v) is 6.43. The Hall–Kier alpha value is -0.910. The number of carboxylic acid groups (broad SMARTS) is 1. The molecule has 0 aliphatic carbocycles. The van der Waals surface area contributed by atoms with Crippen molar-refractivity contribution in [3.8, 4) is 0 Å². The summed E-state index contributed by atoms with van der Waals surface area (Å²) in [5, 5.41) is 9.38. The largest absolute Gasteiger partial charge is 0.481 e. The van der Waals surface area contributed by atoms with E-state index in [1.54, 1.807) is 0 Å². The van der Waals surface area contributed by atoms with E-state index in [1.807, 2.05) is 12.1 Å². The SMILES string of the molecule is CCCN(C(C)c1ccc(Br)cc1)C1COCC1C(=O)O. The molecule has 116 valence electrons. The molecule has 1 fully saturated rings. The predicted octanol–water partition coefficient (Wildman–Crippen LogP) is 3.32. The first-order valence-corrected chi connectivity index (χ1v) is 8.15. The maximum absolute atomic E-state index is 11.4. The summed E-state index contributed by atoms with van der Waals surface area (Å²) in [5.41, 5.74) is 1.20. The van der Waals surface area contributed by atoms with Gasteiger partial charge in [-0.15, -0.1) is 0 Å². The van der Waals surface area contributed by atoms with Crippen molar-refractivity contribution >= 4 is 21.9 Å². The molecule has 0 radical (unpaired) electrons. The topological polar surface area (TPSA) is 49.8 Å². The summed E-state index contributed by atoms with van der Waals surface area (Å²) in [6, 6.07) is 8.34. The highest BCUT2D eigenvalue weighted by Crippen LogP contribution is 2.30. The average molecular weight is 356 g/mol. The third-order valence-corrected chi connectivity index (χ3v) is 4.65. The first-order chi connectivity index (χ1) is 10.0. The minimum Gasteiger partial charge on any atom is -0.481 e. The molecule has 1 saturated heterocycles. The fourth-order valence-corrected chi connectivity index (χ4v) is 3.21. The fraction of sp³-hybridized carbons (Fsp3) is 0.562. The van der Waals surface area contributed by atoms with Crippen molar-refractivity contribution in [1.29, 1.82) is 0 Å². The third kappa shape index (κ3) is 3.84. The molecule has 21 heavy (non-hydrogen) atoms. The zero-order valence-electron chi connectivity index (χ0n) is 12.5. The molecule has 1 heterocycles. The van der Waals surface area contributed by atoms with Crippen molar-refractivity contribution < 1.29 is 14.6 Å². The summed E-state index contributed by atoms with van der Waals surface area (Å²) in [5.74, 6) is -1.20. The highest BCUT2D eigenvalue weighted by molar-refractivity contribution is 9.10. The van der Waals surface area contributed by atoms with Crippen LogP contribution >= 0.6 is 15.9 Å². The standard InChI is InChI=1S/C16H22BrNO3/c1-3-8-18(15-10-21-9-14(15)16(19)20)11(2)12-4-6-13(17)7-5-12/h4-7,11,14-15H,3,8-10H2,1-2H3,(H,19,20). The molecule has 3 atom stereocenters. The van der Waals surface area contributed by atoms with Gasteiger partial charge >= 0.3 is 5.97 Å². The molecule has 4 nitrogen and oxygen atoms in total. The second kappa shape index (κ2) is 7.38. The Morgan fingerprint density at radius 3 is 2.67 bits per heavy atom. The molecular formula is C16H22BrNO3. The molecule has 3 unspecified atom stereocenters. The van der Waals surface area contributed by atoms with Crippen LogP contribution in [0.5, 0.6) is 0 Å². The Kier molecular flexibility index (Phi) is 5.79. The van der Waals surface area contributed by atoms with Crippen LogP contribution in [0.4, 0.5) is 0 Å². The van der Waals surface area contributed by atoms with Crippen LogP contribution in [0.2, 0.25) is 0 Å². The van der Waals surface area contributed by atoms with E-state index < -0.39 is 11.9 Å². The average Bonchev–Trinajstić information content (AvgIpc) is 2.94. The molecule has 0 amide bonds. The van der Waals surface area contributed by atoms with Crippen molar-refractivity contribution in [2.75, 3.05) is 19.8 Å². The van der Waals surface area contributed by atoms with Gasteiger partial charge in [-0.2, -0.15) is 0 Å². The molecule has 0 bridgehead atoms. The predicted molar refractivity (Wildman–Crippen MR) is 85.3 cm³/mol. The molecule has 1 aliphatic rings. The van der Waals surface area contributed by atoms with E-state index in [-0.39, 0.29) is 12.1 Å². The summed E-state index contributed by atoms with van der Waals surface area (Å²) in [6.45, 7) is 5.93. The van der Waals surface area contributed by atoms with Gasteiger partial charge in [0.15, 0.2) is 0 Å². The van der Waals surface area contributed by atoms with Crippen LogP contribution in [0, 0.1) is 5.92 Å². The van der Waals surface area contributed by atoms with Gasteiger partial charge < -0.3 is 9.84 Å². The van der Waals surface area contributed by atoms with Crippen molar-refractivity contribution in [3.05, 3.63) is 34.3 Å². The Morgan fingerprint density at radius 1 is 1.43 bits per heavy atom. The molecule has 1 aromatic carbocycles. The number of ether oxygens (including phenoxy) is 1.